The number of nitrogens with one attached hydrogen (secondary N) is 1. The molecule has 3 heteroatoms. The average molecular weight is 289 g/mol. The van der Waals surface area contributed by atoms with E-state index in [1.165, 1.54) is 16.5 Å². The van der Waals surface area contributed by atoms with Gasteiger partial charge >= 0.3 is 0 Å². The van der Waals surface area contributed by atoms with Gasteiger partial charge in [-0.2, -0.15) is 0 Å². The van der Waals surface area contributed by atoms with Crippen LogP contribution in [-0.4, -0.2) is 12.8 Å². The molecule has 0 spiro atoms. The highest BCUT2D eigenvalue weighted by Crippen LogP contribution is 2.27. The third kappa shape index (κ3) is 3.41. The molecule has 106 valence electrons. The minimum absolute atomic E-state index is 0.108. The first-order chi connectivity index (χ1) is 9.65. The van der Waals surface area contributed by atoms with Crippen LogP contribution in [-0.2, 0) is 0 Å². The summed E-state index contributed by atoms with van der Waals surface area (Å²) in [5.41, 5.74) is 3.31. The van der Waals surface area contributed by atoms with Crippen LogP contribution in [0, 0.1) is 12.7 Å². The van der Waals surface area contributed by atoms with E-state index < -0.39 is 0 Å². The molecule has 0 saturated carbocycles. The third-order valence-electron chi connectivity index (χ3n) is 3.40. The zero-order valence-electron chi connectivity index (χ0n) is 12.1. The van der Waals surface area contributed by atoms with Crippen molar-refractivity contribution in [3.8, 4) is 0 Å². The molecule has 20 heavy (non-hydrogen) atoms. The van der Waals surface area contributed by atoms with Gasteiger partial charge in [0, 0.05) is 4.90 Å². The van der Waals surface area contributed by atoms with E-state index >= 15 is 0 Å². The first-order valence-corrected chi connectivity index (χ1v) is 8.01. The molecule has 1 nitrogen and oxygen atoms in total. The Morgan fingerprint density at radius 3 is 2.40 bits per heavy atom. The van der Waals surface area contributed by atoms with E-state index in [1.54, 1.807) is 17.8 Å². The second-order valence-corrected chi connectivity index (χ2v) is 5.64. The van der Waals surface area contributed by atoms with E-state index in [-0.39, 0.29) is 11.9 Å². The van der Waals surface area contributed by atoms with Gasteiger partial charge in [0.2, 0.25) is 0 Å². The zero-order chi connectivity index (χ0) is 14.5. The Morgan fingerprint density at radius 1 is 1.15 bits per heavy atom. The van der Waals surface area contributed by atoms with Gasteiger partial charge in [0.05, 0.1) is 6.04 Å². The second-order valence-electron chi connectivity index (χ2n) is 4.76. The second kappa shape index (κ2) is 6.91. The van der Waals surface area contributed by atoms with E-state index in [9.17, 15) is 4.39 Å². The van der Waals surface area contributed by atoms with Gasteiger partial charge in [-0.1, -0.05) is 25.1 Å². The van der Waals surface area contributed by atoms with Crippen molar-refractivity contribution in [3.05, 3.63) is 65.0 Å². The van der Waals surface area contributed by atoms with Crippen LogP contribution in [0.15, 0.2) is 47.4 Å². The summed E-state index contributed by atoms with van der Waals surface area (Å²) in [5.74, 6) is -0.181. The summed E-state index contributed by atoms with van der Waals surface area (Å²) in [6.45, 7) is 4.91. The number of hydrogen-bond donors (Lipinski definition) is 1. The number of benzene rings is 2. The summed E-state index contributed by atoms with van der Waals surface area (Å²) in [7, 11) is 0. The summed E-state index contributed by atoms with van der Waals surface area (Å²) in [6, 6.07) is 13.6. The van der Waals surface area contributed by atoms with Crippen molar-refractivity contribution in [3.63, 3.8) is 0 Å². The fourth-order valence-corrected chi connectivity index (χ4v) is 2.78. The average Bonchev–Trinajstić information content (AvgIpc) is 2.46. The Bertz CT molecular complexity index is 566. The van der Waals surface area contributed by atoms with Crippen LogP contribution >= 0.6 is 11.8 Å². The lowest BCUT2D eigenvalue weighted by Gasteiger charge is -2.21. The van der Waals surface area contributed by atoms with Crippen LogP contribution in [0.2, 0.25) is 0 Å². The number of aryl methyl sites for hydroxylation is 1. The number of thioether (sulfide) groups is 1. The summed E-state index contributed by atoms with van der Waals surface area (Å²) in [5, 5.41) is 3.48. The highest BCUT2D eigenvalue weighted by molar-refractivity contribution is 7.98. The van der Waals surface area contributed by atoms with Crippen LogP contribution < -0.4 is 5.32 Å². The molecular formula is C17H20FNS. The largest absolute Gasteiger partial charge is 0.307 e. The molecule has 0 saturated heterocycles. The molecule has 2 rings (SSSR count). The Balaban J connectivity index is 2.38. The van der Waals surface area contributed by atoms with Gasteiger partial charge in [0.15, 0.2) is 0 Å². The first-order valence-electron chi connectivity index (χ1n) is 6.79. The quantitative estimate of drug-likeness (QED) is 0.810. The minimum Gasteiger partial charge on any atom is -0.307 e. The van der Waals surface area contributed by atoms with Crippen molar-refractivity contribution < 1.29 is 4.39 Å². The van der Waals surface area contributed by atoms with E-state index in [0.717, 1.165) is 17.7 Å². The molecule has 1 unspecified atom stereocenters. The van der Waals surface area contributed by atoms with Crippen LogP contribution in [0.25, 0.3) is 0 Å². The summed E-state index contributed by atoms with van der Waals surface area (Å²) in [4.78, 5) is 1.25. The Kier molecular flexibility index (Phi) is 5.21. The zero-order valence-corrected chi connectivity index (χ0v) is 12.9. The van der Waals surface area contributed by atoms with Crippen LogP contribution in [0.4, 0.5) is 4.39 Å². The highest BCUT2D eigenvalue weighted by atomic mass is 32.2. The monoisotopic (exact) mass is 289 g/mol. The smallest absolute Gasteiger partial charge is 0.123 e. The van der Waals surface area contributed by atoms with Gasteiger partial charge in [-0.25, -0.2) is 4.39 Å². The molecule has 2 aromatic rings. The van der Waals surface area contributed by atoms with Crippen molar-refractivity contribution in [1.29, 1.82) is 0 Å². The van der Waals surface area contributed by atoms with Crippen molar-refractivity contribution in [2.24, 2.45) is 0 Å². The van der Waals surface area contributed by atoms with Crippen molar-refractivity contribution in [2.45, 2.75) is 24.8 Å². The molecule has 1 atom stereocenters. The fraction of sp³-hybridized carbons (Fsp3) is 0.294. The van der Waals surface area contributed by atoms with Gasteiger partial charge in [-0.05, 0) is 60.7 Å². The maximum atomic E-state index is 13.3. The normalized spacial score (nSPS) is 12.4. The molecule has 0 fully saturated rings. The highest BCUT2D eigenvalue weighted by Gasteiger charge is 2.15. The SMILES string of the molecule is CCNC(c1ccc(SC)cc1)c1ccc(F)cc1C. The predicted octanol–water partition coefficient (Wildman–Crippen LogP) is 4.55. The molecule has 0 aliphatic heterocycles. The Hall–Kier alpha value is -1.32. The first kappa shape index (κ1) is 15.1. The molecule has 0 aliphatic rings. The van der Waals surface area contributed by atoms with Crippen LogP contribution in [0.5, 0.6) is 0 Å². The van der Waals surface area contributed by atoms with Gasteiger partial charge < -0.3 is 5.32 Å². The van der Waals surface area contributed by atoms with E-state index in [4.69, 9.17) is 0 Å². The summed E-state index contributed by atoms with van der Waals surface area (Å²) < 4.78 is 13.3. The molecule has 0 aliphatic carbocycles. The molecule has 0 heterocycles. The number of halogens is 1. The molecule has 0 radical (unpaired) electrons. The van der Waals surface area contributed by atoms with Crippen molar-refractivity contribution >= 4 is 11.8 Å². The molecule has 0 aromatic heterocycles. The number of hydrogen-bond acceptors (Lipinski definition) is 2. The van der Waals surface area contributed by atoms with Crippen LogP contribution in [0.3, 0.4) is 0 Å². The maximum absolute atomic E-state index is 13.3. The van der Waals surface area contributed by atoms with Gasteiger partial charge in [-0.3, -0.25) is 0 Å². The van der Waals surface area contributed by atoms with Gasteiger partial charge in [-0.15, -0.1) is 11.8 Å². The molecule has 0 bridgehead atoms. The van der Waals surface area contributed by atoms with Crippen LogP contribution in [0.1, 0.15) is 29.7 Å². The van der Waals surface area contributed by atoms with E-state index in [1.807, 2.05) is 13.0 Å². The van der Waals surface area contributed by atoms with E-state index in [0.29, 0.717) is 0 Å². The predicted molar refractivity (Wildman–Crippen MR) is 84.9 cm³/mol. The van der Waals surface area contributed by atoms with Gasteiger partial charge in [0.25, 0.3) is 0 Å². The lowest BCUT2D eigenvalue weighted by atomic mass is 9.95. The Morgan fingerprint density at radius 2 is 1.85 bits per heavy atom. The lowest BCUT2D eigenvalue weighted by molar-refractivity contribution is 0.610. The topological polar surface area (TPSA) is 12.0 Å². The fourth-order valence-electron chi connectivity index (χ4n) is 2.37. The third-order valence-corrected chi connectivity index (χ3v) is 4.14. The van der Waals surface area contributed by atoms with Crippen molar-refractivity contribution in [1.82, 2.24) is 5.32 Å². The van der Waals surface area contributed by atoms with Gasteiger partial charge in [0.1, 0.15) is 5.82 Å². The van der Waals surface area contributed by atoms with E-state index in [2.05, 4.69) is 42.8 Å². The lowest BCUT2D eigenvalue weighted by Crippen LogP contribution is -2.22. The Labute approximate surface area is 124 Å². The molecule has 0 amide bonds. The standard InChI is InChI=1S/C17H20FNS/c1-4-19-17(13-5-8-15(20-3)9-6-13)16-10-7-14(18)11-12(16)2/h5-11,17,19H,4H2,1-3H3. The minimum atomic E-state index is -0.181. The summed E-state index contributed by atoms with van der Waals surface area (Å²) >= 11 is 1.73. The maximum Gasteiger partial charge on any atom is 0.123 e. The molecule has 1 N–H and O–H groups in total. The number of rotatable bonds is 5. The molecular weight excluding hydrogens is 269 g/mol. The van der Waals surface area contributed by atoms with Crippen molar-refractivity contribution in [2.75, 3.05) is 12.8 Å². The summed E-state index contributed by atoms with van der Waals surface area (Å²) in [6.07, 6.45) is 2.07. The molecule has 2 aromatic carbocycles.